The van der Waals surface area contributed by atoms with Crippen molar-refractivity contribution < 1.29 is 8.83 Å². The average molecular weight is 644 g/mol. The van der Waals surface area contributed by atoms with Crippen LogP contribution in [0.4, 0.5) is 0 Å². The lowest BCUT2D eigenvalue weighted by atomic mass is 9.93. The van der Waals surface area contributed by atoms with Gasteiger partial charge in [-0.2, -0.15) is 0 Å². The smallest absolute Gasteiger partial charge is 0.160 e. The molecule has 1 unspecified atom stereocenters. The van der Waals surface area contributed by atoms with Crippen molar-refractivity contribution in [3.63, 3.8) is 0 Å². The topological polar surface area (TPSA) is 63.0 Å². The average Bonchev–Trinajstić information content (AvgIpc) is 3.76. The van der Waals surface area contributed by atoms with Crippen LogP contribution in [0.5, 0.6) is 0 Å². The van der Waals surface area contributed by atoms with Crippen molar-refractivity contribution in [1.82, 2.24) is 5.32 Å². The third kappa shape index (κ3) is 4.71. The van der Waals surface area contributed by atoms with Crippen molar-refractivity contribution in [3.8, 4) is 22.3 Å². The summed E-state index contributed by atoms with van der Waals surface area (Å²) >= 11 is 0. The minimum Gasteiger partial charge on any atom is -0.456 e. The van der Waals surface area contributed by atoms with Crippen molar-refractivity contribution in [2.24, 2.45) is 9.98 Å². The number of fused-ring (bicyclic) bond motifs is 6. The van der Waals surface area contributed by atoms with Gasteiger partial charge in [-0.1, -0.05) is 127 Å². The molecule has 1 aliphatic rings. The van der Waals surface area contributed by atoms with Crippen molar-refractivity contribution in [1.29, 1.82) is 0 Å². The molecule has 0 amide bonds. The number of rotatable bonds is 5. The summed E-state index contributed by atoms with van der Waals surface area (Å²) < 4.78 is 12.6. The van der Waals surface area contributed by atoms with Gasteiger partial charge in [-0.3, -0.25) is 0 Å². The molecule has 5 heteroatoms. The summed E-state index contributed by atoms with van der Waals surface area (Å²) in [5.41, 5.74) is 10.7. The largest absolute Gasteiger partial charge is 0.456 e. The fraction of sp³-hybridized carbons (Fsp3) is 0.0222. The first kappa shape index (κ1) is 28.3. The van der Waals surface area contributed by atoms with Crippen LogP contribution in [0.2, 0.25) is 0 Å². The molecule has 0 aliphatic carbocycles. The summed E-state index contributed by atoms with van der Waals surface area (Å²) in [7, 11) is 0. The Morgan fingerprint density at radius 1 is 0.460 bits per heavy atom. The van der Waals surface area contributed by atoms with Crippen LogP contribution in [0.1, 0.15) is 22.9 Å². The van der Waals surface area contributed by atoms with Crippen molar-refractivity contribution in [3.05, 3.63) is 180 Å². The summed E-state index contributed by atoms with van der Waals surface area (Å²) in [4.78, 5) is 10.7. The minimum atomic E-state index is -0.353. The predicted molar refractivity (Wildman–Crippen MR) is 204 cm³/mol. The highest BCUT2D eigenvalue weighted by molar-refractivity contribution is 6.25. The Kier molecular flexibility index (Phi) is 6.49. The number of aliphatic imine (C=N–C) groups is 2. The number of benzene rings is 7. The minimum absolute atomic E-state index is 0.353. The Balaban J connectivity index is 1.21. The Morgan fingerprint density at radius 3 is 1.84 bits per heavy atom. The van der Waals surface area contributed by atoms with Gasteiger partial charge in [-0.05, 0) is 64.2 Å². The fourth-order valence-corrected chi connectivity index (χ4v) is 7.15. The first-order chi connectivity index (χ1) is 24.8. The number of furan rings is 2. The van der Waals surface area contributed by atoms with Crippen LogP contribution in [0.3, 0.4) is 0 Å². The van der Waals surface area contributed by atoms with Gasteiger partial charge in [0.05, 0.1) is 0 Å². The summed E-state index contributed by atoms with van der Waals surface area (Å²) in [6.07, 6.45) is -0.353. The van der Waals surface area contributed by atoms with Crippen LogP contribution in [0, 0.1) is 0 Å². The molecule has 236 valence electrons. The van der Waals surface area contributed by atoms with Crippen molar-refractivity contribution >= 4 is 55.5 Å². The van der Waals surface area contributed by atoms with E-state index in [1.165, 1.54) is 5.56 Å². The third-order valence-corrected chi connectivity index (χ3v) is 9.58. The Labute approximate surface area is 287 Å². The highest BCUT2D eigenvalue weighted by Crippen LogP contribution is 2.40. The lowest BCUT2D eigenvalue weighted by Crippen LogP contribution is -2.33. The molecule has 7 aromatic carbocycles. The van der Waals surface area contributed by atoms with Crippen LogP contribution in [0.25, 0.3) is 66.1 Å². The molecule has 1 atom stereocenters. The molecule has 0 fully saturated rings. The van der Waals surface area contributed by atoms with Crippen LogP contribution in [-0.2, 0) is 0 Å². The zero-order valence-corrected chi connectivity index (χ0v) is 26.9. The van der Waals surface area contributed by atoms with E-state index in [0.717, 1.165) is 83.1 Å². The second-order valence-corrected chi connectivity index (χ2v) is 12.6. The van der Waals surface area contributed by atoms with E-state index in [0.29, 0.717) is 5.84 Å². The van der Waals surface area contributed by atoms with E-state index in [4.69, 9.17) is 18.8 Å². The zero-order valence-electron chi connectivity index (χ0n) is 26.9. The number of hydrogen-bond acceptors (Lipinski definition) is 5. The predicted octanol–water partition coefficient (Wildman–Crippen LogP) is 11.3. The summed E-state index contributed by atoms with van der Waals surface area (Å²) in [5.74, 6) is 1.40. The molecule has 0 saturated carbocycles. The highest BCUT2D eigenvalue weighted by Gasteiger charge is 2.26. The van der Waals surface area contributed by atoms with Crippen molar-refractivity contribution in [2.45, 2.75) is 6.17 Å². The normalized spacial score (nSPS) is 14.6. The van der Waals surface area contributed by atoms with Gasteiger partial charge in [0.1, 0.15) is 34.3 Å². The van der Waals surface area contributed by atoms with E-state index in [1.54, 1.807) is 0 Å². The lowest BCUT2D eigenvalue weighted by Gasteiger charge is -2.25. The number of amidine groups is 2. The van der Waals surface area contributed by atoms with Crippen molar-refractivity contribution in [2.75, 3.05) is 0 Å². The third-order valence-electron chi connectivity index (χ3n) is 9.58. The van der Waals surface area contributed by atoms with Crippen LogP contribution < -0.4 is 5.32 Å². The van der Waals surface area contributed by atoms with E-state index in [-0.39, 0.29) is 6.17 Å². The van der Waals surface area contributed by atoms with E-state index in [1.807, 2.05) is 48.5 Å². The van der Waals surface area contributed by atoms with Gasteiger partial charge in [0.2, 0.25) is 0 Å². The monoisotopic (exact) mass is 643 g/mol. The second kappa shape index (κ2) is 11.5. The molecule has 5 nitrogen and oxygen atoms in total. The van der Waals surface area contributed by atoms with Gasteiger partial charge < -0.3 is 14.2 Å². The summed E-state index contributed by atoms with van der Waals surface area (Å²) in [6.45, 7) is 0. The fourth-order valence-electron chi connectivity index (χ4n) is 7.15. The molecule has 50 heavy (non-hydrogen) atoms. The first-order valence-electron chi connectivity index (χ1n) is 16.8. The molecule has 0 saturated heterocycles. The molecule has 10 rings (SSSR count). The Hall–Kier alpha value is -6.72. The molecule has 0 bridgehead atoms. The van der Waals surface area contributed by atoms with Crippen LogP contribution >= 0.6 is 0 Å². The molecule has 1 N–H and O–H groups in total. The SMILES string of the molecule is c1ccc(-c2ccc(C3=NC(c4c(-c5ccc6oc7ccccc7c6c5)ccc5oc6ccccc6c45)=NC(c4ccccc4)N3)cc2)cc1. The number of nitrogens with zero attached hydrogens (tertiary/aromatic N) is 2. The summed E-state index contributed by atoms with van der Waals surface area (Å²) in [6, 6.07) is 56.3. The maximum absolute atomic E-state index is 6.43. The molecule has 0 spiro atoms. The maximum Gasteiger partial charge on any atom is 0.160 e. The highest BCUT2D eigenvalue weighted by atomic mass is 16.3. The van der Waals surface area contributed by atoms with E-state index in [9.17, 15) is 0 Å². The van der Waals surface area contributed by atoms with E-state index in [2.05, 4.69) is 121 Å². The second-order valence-electron chi connectivity index (χ2n) is 12.6. The van der Waals surface area contributed by atoms with Gasteiger partial charge in [-0.15, -0.1) is 0 Å². The zero-order chi connectivity index (χ0) is 33.0. The standard InChI is InChI=1S/C45H29N3O2/c1-3-11-28(12-4-1)29-19-21-31(22-20-29)44-46-43(30-13-5-2-6-14-30)47-45(48-44)42-33(24-26-40-41(42)35-16-8-10-18-38(35)50-40)32-23-25-39-36(27-32)34-15-7-9-17-37(34)49-39/h1-27,43H,(H,46,47,48). The van der Waals surface area contributed by atoms with Gasteiger partial charge in [-0.25, -0.2) is 9.98 Å². The van der Waals surface area contributed by atoms with E-state index >= 15 is 0 Å². The van der Waals surface area contributed by atoms with Gasteiger partial charge >= 0.3 is 0 Å². The lowest BCUT2D eigenvalue weighted by molar-refractivity contribution is 0.668. The van der Waals surface area contributed by atoms with Gasteiger partial charge in [0.15, 0.2) is 5.84 Å². The Bertz CT molecular complexity index is 2770. The molecule has 3 heterocycles. The Morgan fingerprint density at radius 2 is 1.04 bits per heavy atom. The molecular weight excluding hydrogens is 615 g/mol. The number of hydrogen-bond donors (Lipinski definition) is 1. The quantitative estimate of drug-likeness (QED) is 0.203. The molecule has 2 aromatic heterocycles. The number of nitrogens with one attached hydrogen (secondary N) is 1. The summed E-state index contributed by atoms with van der Waals surface area (Å²) in [5, 5.41) is 7.82. The van der Waals surface area contributed by atoms with Gasteiger partial charge in [0.25, 0.3) is 0 Å². The molecule has 1 aliphatic heterocycles. The maximum atomic E-state index is 6.43. The molecule has 9 aromatic rings. The van der Waals surface area contributed by atoms with Crippen LogP contribution in [-0.4, -0.2) is 11.7 Å². The first-order valence-corrected chi connectivity index (χ1v) is 16.8. The van der Waals surface area contributed by atoms with E-state index < -0.39 is 0 Å². The van der Waals surface area contributed by atoms with Crippen LogP contribution in [0.15, 0.2) is 183 Å². The van der Waals surface area contributed by atoms with Gasteiger partial charge in [0, 0.05) is 32.7 Å². The molecular formula is C45H29N3O2. The molecule has 0 radical (unpaired) electrons. The number of para-hydroxylation sites is 2.